The van der Waals surface area contributed by atoms with Crippen LogP contribution in [-0.2, 0) is 14.6 Å². The van der Waals surface area contributed by atoms with E-state index in [0.29, 0.717) is 6.42 Å². The van der Waals surface area contributed by atoms with Gasteiger partial charge in [-0.25, -0.2) is 4.18 Å². The molecule has 0 unspecified atom stereocenters. The topological polar surface area (TPSA) is 63.6 Å². The molecule has 0 aliphatic heterocycles. The zero-order valence-corrected chi connectivity index (χ0v) is 17.2. The number of hydrogen-bond donors (Lipinski definition) is 1. The Kier molecular flexibility index (Phi) is 20.0. The first kappa shape index (κ1) is 23.8. The Hall–Kier alpha value is 1.51. The predicted molar refractivity (Wildman–Crippen MR) is 78.6 cm³/mol. The van der Waals surface area contributed by atoms with Gasteiger partial charge in [-0.2, -0.15) is 8.42 Å². The molecule has 0 atom stereocenters. The van der Waals surface area contributed by atoms with Gasteiger partial charge in [0.2, 0.25) is 0 Å². The molecule has 0 radical (unpaired) electrons. The molecule has 0 aromatic rings. The van der Waals surface area contributed by atoms with Crippen molar-refractivity contribution >= 4 is 10.4 Å². The van der Waals surface area contributed by atoms with E-state index in [1.807, 2.05) is 0 Å². The van der Waals surface area contributed by atoms with Crippen LogP contribution in [0.5, 0.6) is 0 Å². The quantitative estimate of drug-likeness (QED) is 0.297. The van der Waals surface area contributed by atoms with Crippen molar-refractivity contribution in [2.75, 3.05) is 6.61 Å². The van der Waals surface area contributed by atoms with Crippen LogP contribution in [0.25, 0.3) is 0 Å². The van der Waals surface area contributed by atoms with Crippen LogP contribution in [0, 0.1) is 0 Å². The average molecular weight is 334 g/mol. The summed E-state index contributed by atoms with van der Waals surface area (Å²) in [5.41, 5.74) is 0. The molecule has 0 saturated carbocycles. The summed E-state index contributed by atoms with van der Waals surface area (Å²) in [6, 6.07) is 0. The van der Waals surface area contributed by atoms with E-state index < -0.39 is 10.4 Å². The van der Waals surface area contributed by atoms with Crippen molar-refractivity contribution in [2.45, 2.75) is 84.0 Å². The summed E-state index contributed by atoms with van der Waals surface area (Å²) < 4.78 is 33.1. The van der Waals surface area contributed by atoms with Gasteiger partial charge in [0, 0.05) is 0 Å². The van der Waals surface area contributed by atoms with E-state index in [1.165, 1.54) is 57.8 Å². The second-order valence-corrected chi connectivity index (χ2v) is 6.23. The standard InChI is InChI=1S/C14H30O4S.K/c1-2-3-4-5-6-7-8-9-10-11-12-13-14-18-19(15,16)17;/h2-14H2,1H3,(H,15,16,17);/q;+1. The maximum Gasteiger partial charge on any atom is 1.00 e. The Morgan fingerprint density at radius 2 is 1.10 bits per heavy atom. The van der Waals surface area contributed by atoms with Crippen LogP contribution < -0.4 is 51.4 Å². The summed E-state index contributed by atoms with van der Waals surface area (Å²) in [4.78, 5) is 0. The van der Waals surface area contributed by atoms with Gasteiger partial charge < -0.3 is 0 Å². The van der Waals surface area contributed by atoms with Crippen LogP contribution in [-0.4, -0.2) is 19.6 Å². The molecule has 0 spiro atoms. The van der Waals surface area contributed by atoms with Gasteiger partial charge in [-0.05, 0) is 6.42 Å². The Balaban J connectivity index is 0. The molecule has 0 heterocycles. The van der Waals surface area contributed by atoms with E-state index >= 15 is 0 Å². The van der Waals surface area contributed by atoms with Crippen LogP contribution in [0.1, 0.15) is 84.0 Å². The maximum absolute atomic E-state index is 10.3. The van der Waals surface area contributed by atoms with Gasteiger partial charge in [0.1, 0.15) is 0 Å². The molecule has 0 saturated heterocycles. The third-order valence-electron chi connectivity index (χ3n) is 3.23. The van der Waals surface area contributed by atoms with E-state index in [9.17, 15) is 8.42 Å². The minimum Gasteiger partial charge on any atom is -0.264 e. The molecule has 0 fully saturated rings. The average Bonchev–Trinajstić information content (AvgIpc) is 2.34. The van der Waals surface area contributed by atoms with Crippen molar-refractivity contribution in [3.63, 3.8) is 0 Å². The van der Waals surface area contributed by atoms with Crippen LogP contribution in [0.15, 0.2) is 0 Å². The molecule has 0 aliphatic rings. The molecule has 0 aromatic carbocycles. The van der Waals surface area contributed by atoms with Crippen molar-refractivity contribution in [1.82, 2.24) is 0 Å². The monoisotopic (exact) mass is 333 g/mol. The molecule has 0 amide bonds. The predicted octanol–water partition coefficient (Wildman–Crippen LogP) is 1.51. The summed E-state index contributed by atoms with van der Waals surface area (Å²) in [5.74, 6) is 0. The summed E-state index contributed by atoms with van der Waals surface area (Å²) in [5, 5.41) is 0. The summed E-state index contributed by atoms with van der Waals surface area (Å²) in [7, 11) is -4.24. The van der Waals surface area contributed by atoms with Gasteiger partial charge in [0.25, 0.3) is 0 Å². The van der Waals surface area contributed by atoms with E-state index in [-0.39, 0.29) is 58.0 Å². The van der Waals surface area contributed by atoms with E-state index in [0.717, 1.165) is 12.8 Å². The number of hydrogen-bond acceptors (Lipinski definition) is 3. The van der Waals surface area contributed by atoms with Gasteiger partial charge in [-0.3, -0.25) is 4.55 Å². The second-order valence-electron chi connectivity index (χ2n) is 5.14. The molecule has 20 heavy (non-hydrogen) atoms. The summed E-state index contributed by atoms with van der Waals surface area (Å²) in [6.45, 7) is 2.33. The van der Waals surface area contributed by atoms with Crippen molar-refractivity contribution in [1.29, 1.82) is 0 Å². The van der Waals surface area contributed by atoms with Gasteiger partial charge in [-0.1, -0.05) is 77.6 Å². The molecule has 6 heteroatoms. The van der Waals surface area contributed by atoms with Crippen LogP contribution >= 0.6 is 0 Å². The first-order chi connectivity index (χ1) is 9.06. The van der Waals surface area contributed by atoms with Crippen molar-refractivity contribution in [3.8, 4) is 0 Å². The third kappa shape index (κ3) is 21.8. The minimum atomic E-state index is -4.24. The van der Waals surface area contributed by atoms with Gasteiger partial charge >= 0.3 is 61.8 Å². The maximum atomic E-state index is 10.3. The van der Waals surface area contributed by atoms with Crippen LogP contribution in [0.3, 0.4) is 0 Å². The number of unbranched alkanes of at least 4 members (excludes halogenated alkanes) is 11. The SMILES string of the molecule is CCCCCCCCCCCCCCOS(=O)(=O)O.[K+]. The first-order valence-electron chi connectivity index (χ1n) is 7.68. The molecular formula is C14H30KO4S+. The largest absolute Gasteiger partial charge is 1.00 e. The first-order valence-corrected chi connectivity index (χ1v) is 9.04. The molecule has 4 nitrogen and oxygen atoms in total. The molecule has 0 aliphatic carbocycles. The van der Waals surface area contributed by atoms with Crippen molar-refractivity contribution < 1.29 is 68.5 Å². The van der Waals surface area contributed by atoms with Gasteiger partial charge in [0.15, 0.2) is 0 Å². The summed E-state index contributed by atoms with van der Waals surface area (Å²) >= 11 is 0. The Morgan fingerprint density at radius 1 is 0.750 bits per heavy atom. The number of rotatable bonds is 14. The molecule has 0 rings (SSSR count). The zero-order valence-electron chi connectivity index (χ0n) is 13.3. The molecule has 116 valence electrons. The Bertz CT molecular complexity index is 281. The van der Waals surface area contributed by atoms with Gasteiger partial charge in [-0.15, -0.1) is 0 Å². The molecular weight excluding hydrogens is 303 g/mol. The minimum absolute atomic E-state index is 0. The van der Waals surface area contributed by atoms with E-state index in [4.69, 9.17) is 4.55 Å². The van der Waals surface area contributed by atoms with Crippen molar-refractivity contribution in [3.05, 3.63) is 0 Å². The van der Waals surface area contributed by atoms with Crippen LogP contribution in [0.2, 0.25) is 0 Å². The fraction of sp³-hybridized carbons (Fsp3) is 1.00. The Labute approximate surface area is 167 Å². The molecule has 1 N–H and O–H groups in total. The normalized spacial score (nSPS) is 11.3. The smallest absolute Gasteiger partial charge is 0.264 e. The van der Waals surface area contributed by atoms with Crippen LogP contribution in [0.4, 0.5) is 0 Å². The fourth-order valence-corrected chi connectivity index (χ4v) is 2.44. The fourth-order valence-electron chi connectivity index (χ4n) is 2.11. The van der Waals surface area contributed by atoms with Gasteiger partial charge in [0.05, 0.1) is 6.61 Å². The molecule has 0 bridgehead atoms. The zero-order chi connectivity index (χ0) is 14.4. The third-order valence-corrected chi connectivity index (χ3v) is 3.69. The van der Waals surface area contributed by atoms with E-state index in [1.54, 1.807) is 0 Å². The Morgan fingerprint density at radius 3 is 1.45 bits per heavy atom. The molecule has 0 aromatic heterocycles. The van der Waals surface area contributed by atoms with Crippen molar-refractivity contribution in [2.24, 2.45) is 0 Å². The second kappa shape index (κ2) is 16.9. The van der Waals surface area contributed by atoms with E-state index in [2.05, 4.69) is 11.1 Å². The summed E-state index contributed by atoms with van der Waals surface area (Å²) in [6.07, 6.45) is 14.7.